The molecule has 0 spiro atoms. The first-order valence-corrected chi connectivity index (χ1v) is 8.54. The van der Waals surface area contributed by atoms with Crippen molar-refractivity contribution < 1.29 is 13.9 Å². The highest BCUT2D eigenvalue weighted by Crippen LogP contribution is 2.24. The summed E-state index contributed by atoms with van der Waals surface area (Å²) in [5.41, 5.74) is 1.01. The molecule has 1 N–H and O–H groups in total. The number of aliphatic hydroxyl groups is 1. The lowest BCUT2D eigenvalue weighted by Crippen LogP contribution is -2.25. The van der Waals surface area contributed by atoms with E-state index in [1.807, 2.05) is 12.1 Å². The topological polar surface area (TPSA) is 75.5 Å². The van der Waals surface area contributed by atoms with E-state index in [0.717, 1.165) is 5.56 Å². The zero-order valence-corrected chi connectivity index (χ0v) is 14.9. The molecule has 2 heterocycles. The molecule has 8 heteroatoms. The van der Waals surface area contributed by atoms with Gasteiger partial charge in [-0.25, -0.2) is 0 Å². The smallest absolute Gasteiger partial charge is 0.283 e. The highest BCUT2D eigenvalue weighted by molar-refractivity contribution is 6.42. The lowest BCUT2D eigenvalue weighted by Gasteiger charge is -2.20. The van der Waals surface area contributed by atoms with E-state index in [0.29, 0.717) is 53.6 Å². The van der Waals surface area contributed by atoms with Gasteiger partial charge in [-0.1, -0.05) is 29.3 Å². The summed E-state index contributed by atoms with van der Waals surface area (Å²) in [5.74, 6) is 1.35. The molecule has 0 atom stereocenters. The predicted molar refractivity (Wildman–Crippen MR) is 94.3 cm³/mol. The van der Waals surface area contributed by atoms with Gasteiger partial charge in [-0.2, -0.15) is 0 Å². The molecule has 0 aliphatic carbocycles. The maximum absolute atomic E-state index is 9.13. The maximum atomic E-state index is 9.13. The van der Waals surface area contributed by atoms with Gasteiger partial charge in [0.15, 0.2) is 5.76 Å². The van der Waals surface area contributed by atoms with Crippen LogP contribution in [0.4, 0.5) is 0 Å². The fourth-order valence-electron chi connectivity index (χ4n) is 2.41. The molecule has 0 saturated carbocycles. The predicted octanol–water partition coefficient (Wildman–Crippen LogP) is 4.02. The molecule has 0 fully saturated rings. The van der Waals surface area contributed by atoms with Gasteiger partial charge in [0.1, 0.15) is 0 Å². The zero-order chi connectivity index (χ0) is 17.6. The summed E-state index contributed by atoms with van der Waals surface area (Å²) < 4.78 is 10.9. The first-order valence-electron chi connectivity index (χ1n) is 7.79. The van der Waals surface area contributed by atoms with Crippen LogP contribution in [0, 0.1) is 0 Å². The summed E-state index contributed by atoms with van der Waals surface area (Å²) >= 11 is 12.0. The van der Waals surface area contributed by atoms with E-state index < -0.39 is 0 Å². The van der Waals surface area contributed by atoms with Crippen LogP contribution in [0.1, 0.15) is 17.9 Å². The number of benzene rings is 1. The minimum Gasteiger partial charge on any atom is -0.459 e. The molecule has 0 amide bonds. The molecule has 0 bridgehead atoms. The summed E-state index contributed by atoms with van der Waals surface area (Å²) in [6.07, 6.45) is 2.19. The molecular weight excluding hydrogens is 365 g/mol. The average Bonchev–Trinajstić information content (AvgIpc) is 3.27. The molecule has 0 aliphatic rings. The van der Waals surface area contributed by atoms with Crippen molar-refractivity contribution in [1.29, 1.82) is 0 Å². The van der Waals surface area contributed by atoms with Gasteiger partial charge in [-0.15, -0.1) is 10.2 Å². The Bertz CT molecular complexity index is 805. The monoisotopic (exact) mass is 381 g/mol. The Morgan fingerprint density at radius 1 is 1.08 bits per heavy atom. The van der Waals surface area contributed by atoms with Crippen molar-refractivity contribution in [3.05, 3.63) is 58.1 Å². The summed E-state index contributed by atoms with van der Waals surface area (Å²) in [7, 11) is 0. The molecule has 0 saturated heterocycles. The van der Waals surface area contributed by atoms with Crippen molar-refractivity contribution in [2.75, 3.05) is 13.2 Å². The van der Waals surface area contributed by atoms with Gasteiger partial charge in [0, 0.05) is 19.7 Å². The van der Waals surface area contributed by atoms with Crippen LogP contribution in [0.5, 0.6) is 0 Å². The highest BCUT2D eigenvalue weighted by Gasteiger charge is 2.15. The van der Waals surface area contributed by atoms with Crippen LogP contribution in [0.2, 0.25) is 10.0 Å². The van der Waals surface area contributed by atoms with E-state index in [1.54, 1.807) is 24.5 Å². The summed E-state index contributed by atoms with van der Waals surface area (Å²) in [6, 6.07) is 9.04. The molecule has 3 aromatic rings. The second-order valence-corrected chi connectivity index (χ2v) is 6.33. The third-order valence-electron chi connectivity index (χ3n) is 3.58. The summed E-state index contributed by atoms with van der Waals surface area (Å²) in [5, 5.41) is 18.2. The van der Waals surface area contributed by atoms with Crippen molar-refractivity contribution >= 4 is 23.2 Å². The Labute approximate surface area is 155 Å². The van der Waals surface area contributed by atoms with Crippen LogP contribution < -0.4 is 0 Å². The number of aromatic nitrogens is 2. The molecule has 0 radical (unpaired) electrons. The molecular formula is C17H17Cl2N3O3. The van der Waals surface area contributed by atoms with Gasteiger partial charge in [0.05, 0.1) is 22.9 Å². The normalized spacial score (nSPS) is 11.4. The Hall–Kier alpha value is -1.86. The SMILES string of the molecule is OCCCN(Cc1ccc(Cl)c(Cl)c1)Cc1nnc(-c2ccco2)o1. The number of rotatable bonds is 8. The molecule has 0 unspecified atom stereocenters. The zero-order valence-electron chi connectivity index (χ0n) is 13.4. The molecule has 3 rings (SSSR count). The third kappa shape index (κ3) is 4.83. The Morgan fingerprint density at radius 3 is 2.68 bits per heavy atom. The first kappa shape index (κ1) is 17.9. The number of furan rings is 1. The summed E-state index contributed by atoms with van der Waals surface area (Å²) in [6.45, 7) is 1.86. The number of hydrogen-bond donors (Lipinski definition) is 1. The third-order valence-corrected chi connectivity index (χ3v) is 4.32. The molecule has 2 aromatic heterocycles. The second-order valence-electron chi connectivity index (χ2n) is 5.51. The molecule has 132 valence electrons. The Morgan fingerprint density at radius 2 is 1.96 bits per heavy atom. The molecule has 25 heavy (non-hydrogen) atoms. The lowest BCUT2D eigenvalue weighted by atomic mass is 10.2. The number of hydrogen-bond acceptors (Lipinski definition) is 6. The first-order chi connectivity index (χ1) is 12.2. The van der Waals surface area contributed by atoms with Crippen LogP contribution in [-0.2, 0) is 13.1 Å². The van der Waals surface area contributed by atoms with Crippen molar-refractivity contribution in [2.24, 2.45) is 0 Å². The van der Waals surface area contributed by atoms with Crippen LogP contribution in [0.25, 0.3) is 11.7 Å². The minimum atomic E-state index is 0.110. The van der Waals surface area contributed by atoms with Crippen molar-refractivity contribution in [2.45, 2.75) is 19.5 Å². The molecule has 6 nitrogen and oxygen atoms in total. The fraction of sp³-hybridized carbons (Fsp3) is 0.294. The maximum Gasteiger partial charge on any atom is 0.283 e. The van der Waals surface area contributed by atoms with Gasteiger partial charge in [0.2, 0.25) is 5.89 Å². The number of halogens is 2. The van der Waals surface area contributed by atoms with E-state index in [1.165, 1.54) is 0 Å². The van der Waals surface area contributed by atoms with Crippen molar-refractivity contribution in [1.82, 2.24) is 15.1 Å². The Kier molecular flexibility index (Phi) is 6.09. The van der Waals surface area contributed by atoms with Crippen LogP contribution in [-0.4, -0.2) is 33.4 Å². The largest absolute Gasteiger partial charge is 0.459 e. The van der Waals surface area contributed by atoms with E-state index in [9.17, 15) is 0 Å². The quantitative estimate of drug-likeness (QED) is 0.634. The van der Waals surface area contributed by atoms with E-state index in [4.69, 9.17) is 37.1 Å². The lowest BCUT2D eigenvalue weighted by molar-refractivity contribution is 0.198. The van der Waals surface area contributed by atoms with Gasteiger partial charge >= 0.3 is 0 Å². The highest BCUT2D eigenvalue weighted by atomic mass is 35.5. The van der Waals surface area contributed by atoms with Gasteiger partial charge < -0.3 is 13.9 Å². The van der Waals surface area contributed by atoms with Crippen molar-refractivity contribution in [3.8, 4) is 11.7 Å². The van der Waals surface area contributed by atoms with Crippen molar-refractivity contribution in [3.63, 3.8) is 0 Å². The van der Waals surface area contributed by atoms with Crippen LogP contribution in [0.3, 0.4) is 0 Å². The van der Waals surface area contributed by atoms with E-state index >= 15 is 0 Å². The van der Waals surface area contributed by atoms with E-state index in [-0.39, 0.29) is 6.61 Å². The van der Waals surface area contributed by atoms with Gasteiger partial charge in [-0.3, -0.25) is 4.90 Å². The van der Waals surface area contributed by atoms with Crippen LogP contribution >= 0.6 is 23.2 Å². The Balaban J connectivity index is 1.71. The minimum absolute atomic E-state index is 0.110. The number of nitrogens with zero attached hydrogens (tertiary/aromatic N) is 3. The van der Waals surface area contributed by atoms with Gasteiger partial charge in [0.25, 0.3) is 5.89 Å². The number of aliphatic hydroxyl groups excluding tert-OH is 1. The van der Waals surface area contributed by atoms with E-state index in [2.05, 4.69) is 15.1 Å². The second kappa shape index (κ2) is 8.49. The van der Waals surface area contributed by atoms with Crippen LogP contribution in [0.15, 0.2) is 45.4 Å². The average molecular weight is 382 g/mol. The molecule has 0 aliphatic heterocycles. The fourth-order valence-corrected chi connectivity index (χ4v) is 2.73. The standard InChI is InChI=1S/C17H17Cl2N3O3/c18-13-5-4-12(9-14(13)19)10-22(6-2-7-23)11-16-20-21-17(25-16)15-3-1-8-24-15/h1,3-5,8-9,23H,2,6-7,10-11H2. The van der Waals surface area contributed by atoms with Gasteiger partial charge in [-0.05, 0) is 36.2 Å². The summed E-state index contributed by atoms with van der Waals surface area (Å²) in [4.78, 5) is 2.09. The molecule has 1 aromatic carbocycles.